The quantitative estimate of drug-likeness (QED) is 0.898. The molecule has 0 aliphatic heterocycles. The topological polar surface area (TPSA) is 72.3 Å². The van der Waals surface area contributed by atoms with Crippen molar-refractivity contribution in [3.8, 4) is 16.6 Å². The van der Waals surface area contributed by atoms with Gasteiger partial charge in [0.2, 0.25) is 5.88 Å². The van der Waals surface area contributed by atoms with Gasteiger partial charge in [-0.2, -0.15) is 4.98 Å². The number of nitrogens with zero attached hydrogens (tertiary/aromatic N) is 2. The van der Waals surface area contributed by atoms with E-state index >= 15 is 0 Å². The highest BCUT2D eigenvalue weighted by Gasteiger charge is 2.12. The molecule has 2 aromatic heterocycles. The van der Waals surface area contributed by atoms with E-state index in [2.05, 4.69) is 9.97 Å². The summed E-state index contributed by atoms with van der Waals surface area (Å²) in [6.07, 6.45) is 1.68. The van der Waals surface area contributed by atoms with Crippen LogP contribution in [0.15, 0.2) is 24.4 Å². The summed E-state index contributed by atoms with van der Waals surface area (Å²) < 4.78 is 5.07. The Balaban J connectivity index is 2.22. The minimum Gasteiger partial charge on any atom is -0.479 e. The van der Waals surface area contributed by atoms with Crippen LogP contribution >= 0.6 is 11.3 Å². The normalized spacial score (nSPS) is 10.2. The number of carbonyl (C=O) groups is 1. The van der Waals surface area contributed by atoms with Crippen LogP contribution in [0.2, 0.25) is 0 Å². The van der Waals surface area contributed by atoms with E-state index in [0.29, 0.717) is 5.88 Å². The van der Waals surface area contributed by atoms with Gasteiger partial charge in [0.05, 0.1) is 10.6 Å². The van der Waals surface area contributed by atoms with Gasteiger partial charge in [-0.05, 0) is 19.1 Å². The number of pyridine rings is 1. The van der Waals surface area contributed by atoms with Gasteiger partial charge < -0.3 is 9.84 Å². The molecular weight excluding hydrogens is 240 g/mol. The third-order valence-corrected chi connectivity index (χ3v) is 2.94. The van der Waals surface area contributed by atoms with Crippen molar-refractivity contribution in [2.75, 3.05) is 6.61 Å². The summed E-state index contributed by atoms with van der Waals surface area (Å²) in [6, 6.07) is 5.54. The molecule has 17 heavy (non-hydrogen) atoms. The molecule has 0 amide bonds. The fourth-order valence-electron chi connectivity index (χ4n) is 1.25. The first kappa shape index (κ1) is 11.5. The number of thiazole rings is 1. The molecule has 0 saturated heterocycles. The molecule has 0 aromatic carbocycles. The Labute approximate surface area is 102 Å². The van der Waals surface area contributed by atoms with Crippen molar-refractivity contribution < 1.29 is 14.6 Å². The first-order chi connectivity index (χ1) is 8.16. The summed E-state index contributed by atoms with van der Waals surface area (Å²) in [6.45, 7) is 1.45. The minimum atomic E-state index is -1.02. The average Bonchev–Trinajstić information content (AvgIpc) is 2.69. The maximum absolute atomic E-state index is 10.4. The van der Waals surface area contributed by atoms with Gasteiger partial charge in [-0.1, -0.05) is 6.07 Å². The second kappa shape index (κ2) is 4.92. The first-order valence-electron chi connectivity index (χ1n) is 4.90. The fraction of sp³-hybridized carbons (Fsp3) is 0.182. The molecule has 0 aliphatic rings. The van der Waals surface area contributed by atoms with Crippen molar-refractivity contribution in [1.29, 1.82) is 0 Å². The molecule has 6 heteroatoms. The molecule has 2 heterocycles. The molecule has 0 aliphatic carbocycles. The van der Waals surface area contributed by atoms with Gasteiger partial charge in [0.15, 0.2) is 6.61 Å². The molecule has 1 N–H and O–H groups in total. The van der Waals surface area contributed by atoms with E-state index in [4.69, 9.17) is 9.84 Å². The largest absolute Gasteiger partial charge is 0.479 e. The van der Waals surface area contributed by atoms with E-state index in [0.717, 1.165) is 15.6 Å². The molecule has 0 unspecified atom stereocenters. The van der Waals surface area contributed by atoms with Gasteiger partial charge in [-0.15, -0.1) is 11.3 Å². The van der Waals surface area contributed by atoms with Crippen LogP contribution in [0.1, 0.15) is 4.88 Å². The van der Waals surface area contributed by atoms with Crippen molar-refractivity contribution in [1.82, 2.24) is 9.97 Å². The van der Waals surface area contributed by atoms with Crippen molar-refractivity contribution >= 4 is 17.3 Å². The van der Waals surface area contributed by atoms with Gasteiger partial charge in [-0.25, -0.2) is 4.79 Å². The van der Waals surface area contributed by atoms with Crippen LogP contribution < -0.4 is 4.74 Å². The Kier molecular flexibility index (Phi) is 3.34. The zero-order valence-electron chi connectivity index (χ0n) is 9.08. The van der Waals surface area contributed by atoms with Crippen LogP contribution in [0.4, 0.5) is 0 Å². The second-order valence-electron chi connectivity index (χ2n) is 3.28. The Bertz CT molecular complexity index is 525. The molecule has 0 spiro atoms. The van der Waals surface area contributed by atoms with Crippen LogP contribution in [-0.2, 0) is 4.79 Å². The second-order valence-corrected chi connectivity index (χ2v) is 4.48. The summed E-state index contributed by atoms with van der Waals surface area (Å²) in [4.78, 5) is 19.6. The predicted octanol–water partition coefficient (Wildman–Crippen LogP) is 1.98. The van der Waals surface area contributed by atoms with E-state index in [1.807, 2.05) is 25.1 Å². The lowest BCUT2D eigenvalue weighted by Gasteiger charge is -1.98. The number of hydrogen-bond acceptors (Lipinski definition) is 5. The van der Waals surface area contributed by atoms with Crippen molar-refractivity contribution in [3.05, 3.63) is 29.3 Å². The number of rotatable bonds is 4. The van der Waals surface area contributed by atoms with Crippen LogP contribution in [0.25, 0.3) is 10.7 Å². The van der Waals surface area contributed by atoms with Crippen LogP contribution in [0.3, 0.4) is 0 Å². The Hall–Kier alpha value is -1.95. The summed E-state index contributed by atoms with van der Waals surface area (Å²) in [7, 11) is 0. The third-order valence-electron chi connectivity index (χ3n) is 1.97. The van der Waals surface area contributed by atoms with Crippen molar-refractivity contribution in [2.24, 2.45) is 0 Å². The molecule has 0 radical (unpaired) electrons. The van der Waals surface area contributed by atoms with E-state index < -0.39 is 5.97 Å². The van der Waals surface area contributed by atoms with Gasteiger partial charge in [-0.3, -0.25) is 4.98 Å². The summed E-state index contributed by atoms with van der Waals surface area (Å²) in [5.74, 6) is -0.658. The highest BCUT2D eigenvalue weighted by molar-refractivity contribution is 7.15. The lowest BCUT2D eigenvalue weighted by Crippen LogP contribution is -2.10. The fourth-order valence-corrected chi connectivity index (χ4v) is 2.08. The third kappa shape index (κ3) is 2.79. The maximum Gasteiger partial charge on any atom is 0.341 e. The average molecular weight is 250 g/mol. The molecular formula is C11H10N2O3S. The lowest BCUT2D eigenvalue weighted by atomic mass is 10.4. The highest BCUT2D eigenvalue weighted by atomic mass is 32.1. The molecule has 0 fully saturated rings. The van der Waals surface area contributed by atoms with Crippen LogP contribution in [0, 0.1) is 6.92 Å². The van der Waals surface area contributed by atoms with Crippen LogP contribution in [0.5, 0.6) is 5.88 Å². The van der Waals surface area contributed by atoms with Crippen molar-refractivity contribution in [3.63, 3.8) is 0 Å². The Morgan fingerprint density at radius 3 is 3.00 bits per heavy atom. The standard InChI is InChI=1S/C11H10N2O3S/c1-7-10(16-6-9(14)15)13-11(17-7)8-4-2-3-5-12-8/h2-5H,6H2,1H3,(H,14,15). The molecule has 0 saturated carbocycles. The van der Waals surface area contributed by atoms with Gasteiger partial charge in [0.25, 0.3) is 0 Å². The summed E-state index contributed by atoms with van der Waals surface area (Å²) in [5, 5.41) is 9.25. The number of hydrogen-bond donors (Lipinski definition) is 1. The SMILES string of the molecule is Cc1sc(-c2ccccn2)nc1OCC(=O)O. The smallest absolute Gasteiger partial charge is 0.341 e. The van der Waals surface area contributed by atoms with E-state index in [1.165, 1.54) is 11.3 Å². The van der Waals surface area contributed by atoms with Gasteiger partial charge >= 0.3 is 5.97 Å². The maximum atomic E-state index is 10.4. The van der Waals surface area contributed by atoms with Gasteiger partial charge in [0, 0.05) is 6.20 Å². The minimum absolute atomic E-state index is 0.359. The zero-order valence-corrected chi connectivity index (χ0v) is 9.90. The predicted molar refractivity (Wildman–Crippen MR) is 63.2 cm³/mol. The van der Waals surface area contributed by atoms with Crippen LogP contribution in [-0.4, -0.2) is 27.7 Å². The summed E-state index contributed by atoms with van der Waals surface area (Å²) >= 11 is 1.43. The monoisotopic (exact) mass is 250 g/mol. The summed E-state index contributed by atoms with van der Waals surface area (Å²) in [5.41, 5.74) is 0.755. The molecule has 88 valence electrons. The molecule has 0 atom stereocenters. The zero-order chi connectivity index (χ0) is 12.3. The number of aryl methyl sites for hydroxylation is 1. The van der Waals surface area contributed by atoms with E-state index in [1.54, 1.807) is 6.20 Å². The number of ether oxygens (including phenoxy) is 1. The highest BCUT2D eigenvalue weighted by Crippen LogP contribution is 2.30. The lowest BCUT2D eigenvalue weighted by molar-refractivity contribution is -0.139. The van der Waals surface area contributed by atoms with E-state index in [-0.39, 0.29) is 6.61 Å². The Morgan fingerprint density at radius 1 is 1.53 bits per heavy atom. The first-order valence-corrected chi connectivity index (χ1v) is 5.72. The molecule has 5 nitrogen and oxygen atoms in total. The number of carboxylic acid groups (broad SMARTS) is 1. The molecule has 2 aromatic rings. The van der Waals surface area contributed by atoms with Gasteiger partial charge in [0.1, 0.15) is 5.01 Å². The number of aromatic nitrogens is 2. The molecule has 0 bridgehead atoms. The van der Waals surface area contributed by atoms with E-state index in [9.17, 15) is 4.79 Å². The number of carboxylic acids is 1. The molecule has 2 rings (SSSR count). The van der Waals surface area contributed by atoms with Crippen molar-refractivity contribution in [2.45, 2.75) is 6.92 Å². The number of aliphatic carboxylic acids is 1. The Morgan fingerprint density at radius 2 is 2.35 bits per heavy atom.